The molecule has 0 amide bonds. The van der Waals surface area contributed by atoms with E-state index in [9.17, 15) is 5.11 Å². The van der Waals surface area contributed by atoms with Crippen molar-refractivity contribution in [3.8, 4) is 5.88 Å². The molecule has 0 aliphatic rings. The zero-order valence-electron chi connectivity index (χ0n) is 12.1. The van der Waals surface area contributed by atoms with Gasteiger partial charge in [0.2, 0.25) is 5.88 Å². The first-order valence-electron chi connectivity index (χ1n) is 6.73. The van der Waals surface area contributed by atoms with Crippen LogP contribution in [0.15, 0.2) is 36.7 Å². The lowest BCUT2D eigenvalue weighted by atomic mass is 9.98. The van der Waals surface area contributed by atoms with E-state index in [0.29, 0.717) is 18.2 Å². The van der Waals surface area contributed by atoms with E-state index in [0.717, 1.165) is 11.3 Å². The van der Waals surface area contributed by atoms with Gasteiger partial charge < -0.3 is 9.84 Å². The molecule has 0 saturated heterocycles. The Kier molecular flexibility index (Phi) is 4.69. The van der Waals surface area contributed by atoms with Crippen LogP contribution in [0.1, 0.15) is 42.7 Å². The average Bonchev–Trinajstić information content (AvgIpc) is 2.47. The van der Waals surface area contributed by atoms with Crippen LogP contribution < -0.4 is 4.74 Å². The van der Waals surface area contributed by atoms with Crippen molar-refractivity contribution >= 4 is 0 Å². The smallest absolute Gasteiger partial charge is 0.216 e. The van der Waals surface area contributed by atoms with E-state index >= 15 is 0 Å². The second kappa shape index (κ2) is 6.48. The highest BCUT2D eigenvalue weighted by atomic mass is 16.5. The summed E-state index contributed by atoms with van der Waals surface area (Å²) in [5.74, 6) is 1.00. The molecule has 1 N–H and O–H groups in total. The maximum absolute atomic E-state index is 10.3. The number of aromatic nitrogens is 2. The maximum atomic E-state index is 10.3. The molecule has 4 heteroatoms. The lowest BCUT2D eigenvalue weighted by Gasteiger charge is -2.12. The molecule has 0 radical (unpaired) electrons. The molecule has 4 nitrogen and oxygen atoms in total. The number of nitrogens with zero attached hydrogens (tertiary/aromatic N) is 2. The number of hydrogen-bond donors (Lipinski definition) is 1. The summed E-state index contributed by atoms with van der Waals surface area (Å²) >= 11 is 0. The number of methoxy groups -OCH3 is 1. The largest absolute Gasteiger partial charge is 0.481 e. The highest BCUT2D eigenvalue weighted by Gasteiger charge is 2.11. The Morgan fingerprint density at radius 3 is 2.35 bits per heavy atom. The van der Waals surface area contributed by atoms with Crippen LogP contribution in [0.5, 0.6) is 5.88 Å². The molecule has 0 bridgehead atoms. The van der Waals surface area contributed by atoms with Crippen molar-refractivity contribution in [2.24, 2.45) is 0 Å². The van der Waals surface area contributed by atoms with E-state index in [1.54, 1.807) is 13.2 Å². The highest BCUT2D eigenvalue weighted by Crippen LogP contribution is 2.21. The zero-order chi connectivity index (χ0) is 14.5. The van der Waals surface area contributed by atoms with Crippen LogP contribution >= 0.6 is 0 Å². The van der Waals surface area contributed by atoms with Gasteiger partial charge in [-0.2, -0.15) is 0 Å². The third-order valence-corrected chi connectivity index (χ3v) is 3.30. The van der Waals surface area contributed by atoms with Crippen LogP contribution in [0, 0.1) is 0 Å². The molecule has 1 heterocycles. The fourth-order valence-corrected chi connectivity index (χ4v) is 2.02. The van der Waals surface area contributed by atoms with E-state index < -0.39 is 6.10 Å². The van der Waals surface area contributed by atoms with E-state index in [-0.39, 0.29) is 0 Å². The number of benzene rings is 1. The van der Waals surface area contributed by atoms with Gasteiger partial charge in [0, 0.05) is 12.5 Å². The van der Waals surface area contributed by atoms with Crippen LogP contribution in [0.2, 0.25) is 0 Å². The minimum absolute atomic E-state index is 0.444. The van der Waals surface area contributed by atoms with Gasteiger partial charge in [-0.25, -0.2) is 9.97 Å². The highest BCUT2D eigenvalue weighted by molar-refractivity contribution is 5.27. The molecule has 2 aromatic rings. The second-order valence-electron chi connectivity index (χ2n) is 5.09. The fraction of sp³-hybridized carbons (Fsp3) is 0.375. The van der Waals surface area contributed by atoms with Crippen LogP contribution in [0.3, 0.4) is 0 Å². The van der Waals surface area contributed by atoms with Crippen molar-refractivity contribution < 1.29 is 9.84 Å². The zero-order valence-corrected chi connectivity index (χ0v) is 12.1. The Bertz CT molecular complexity index is 553. The first kappa shape index (κ1) is 14.5. The van der Waals surface area contributed by atoms with Crippen LogP contribution in [0.25, 0.3) is 0 Å². The topological polar surface area (TPSA) is 55.2 Å². The Hall–Kier alpha value is -1.94. The van der Waals surface area contributed by atoms with E-state index in [4.69, 9.17) is 4.74 Å². The predicted octanol–water partition coefficient (Wildman–Crippen LogP) is 2.88. The van der Waals surface area contributed by atoms with Crippen molar-refractivity contribution in [3.05, 3.63) is 53.5 Å². The summed E-state index contributed by atoms with van der Waals surface area (Å²) in [6, 6.07) is 9.80. The van der Waals surface area contributed by atoms with Crippen LogP contribution in [-0.2, 0) is 6.42 Å². The van der Waals surface area contributed by atoms with Gasteiger partial charge in [-0.1, -0.05) is 38.1 Å². The van der Waals surface area contributed by atoms with Crippen molar-refractivity contribution in [1.82, 2.24) is 9.97 Å². The molecule has 1 unspecified atom stereocenters. The number of aliphatic hydroxyl groups excluding tert-OH is 1. The Morgan fingerprint density at radius 1 is 1.10 bits per heavy atom. The van der Waals surface area contributed by atoms with Gasteiger partial charge in [0.1, 0.15) is 6.33 Å². The number of aliphatic hydroxyl groups is 1. The molecule has 20 heavy (non-hydrogen) atoms. The Morgan fingerprint density at radius 2 is 1.75 bits per heavy atom. The number of rotatable bonds is 5. The summed E-state index contributed by atoms with van der Waals surface area (Å²) in [6.45, 7) is 4.30. The normalized spacial score (nSPS) is 12.4. The number of ether oxygens (including phenoxy) is 1. The molecule has 0 saturated carbocycles. The standard InChI is InChI=1S/C16H20N2O2/c1-11(2)12-4-6-13(7-5-12)15(19)8-14-9-16(20-3)18-10-17-14/h4-7,9-11,15,19H,8H2,1-3H3. The Balaban J connectivity index is 2.08. The predicted molar refractivity (Wildman–Crippen MR) is 77.8 cm³/mol. The van der Waals surface area contributed by atoms with Crippen molar-refractivity contribution in [2.75, 3.05) is 7.11 Å². The van der Waals surface area contributed by atoms with E-state index in [2.05, 4.69) is 35.9 Å². The van der Waals surface area contributed by atoms with Gasteiger partial charge in [0.15, 0.2) is 0 Å². The third kappa shape index (κ3) is 3.54. The van der Waals surface area contributed by atoms with Crippen LogP contribution in [0.4, 0.5) is 0 Å². The van der Waals surface area contributed by atoms with E-state index in [1.807, 2.05) is 12.1 Å². The number of hydrogen-bond acceptors (Lipinski definition) is 4. The van der Waals surface area contributed by atoms with Gasteiger partial charge >= 0.3 is 0 Å². The first-order valence-corrected chi connectivity index (χ1v) is 6.73. The minimum atomic E-state index is -0.573. The summed E-state index contributed by atoms with van der Waals surface area (Å²) in [5.41, 5.74) is 2.92. The molecular formula is C16H20N2O2. The fourth-order valence-electron chi connectivity index (χ4n) is 2.02. The summed E-state index contributed by atoms with van der Waals surface area (Å²) in [4.78, 5) is 8.10. The van der Waals surface area contributed by atoms with Crippen molar-refractivity contribution in [2.45, 2.75) is 32.3 Å². The Labute approximate surface area is 119 Å². The SMILES string of the molecule is COc1cc(CC(O)c2ccc(C(C)C)cc2)ncn1. The quantitative estimate of drug-likeness (QED) is 0.909. The summed E-state index contributed by atoms with van der Waals surface area (Å²) in [6.07, 6.45) is 1.32. The van der Waals surface area contributed by atoms with Crippen molar-refractivity contribution in [1.29, 1.82) is 0 Å². The average molecular weight is 272 g/mol. The molecule has 1 atom stereocenters. The molecule has 0 aliphatic carbocycles. The summed E-state index contributed by atoms with van der Waals surface area (Å²) < 4.78 is 5.05. The lowest BCUT2D eigenvalue weighted by molar-refractivity contribution is 0.177. The van der Waals surface area contributed by atoms with Gasteiger partial charge in [0.25, 0.3) is 0 Å². The van der Waals surface area contributed by atoms with Gasteiger partial charge in [-0.15, -0.1) is 0 Å². The maximum Gasteiger partial charge on any atom is 0.216 e. The van der Waals surface area contributed by atoms with Gasteiger partial charge in [-0.3, -0.25) is 0 Å². The molecular weight excluding hydrogens is 252 g/mol. The van der Waals surface area contributed by atoms with Crippen molar-refractivity contribution in [3.63, 3.8) is 0 Å². The monoisotopic (exact) mass is 272 g/mol. The minimum Gasteiger partial charge on any atom is -0.481 e. The molecule has 0 spiro atoms. The lowest BCUT2D eigenvalue weighted by Crippen LogP contribution is -2.04. The van der Waals surface area contributed by atoms with E-state index in [1.165, 1.54) is 11.9 Å². The third-order valence-electron chi connectivity index (χ3n) is 3.30. The molecule has 1 aromatic heterocycles. The molecule has 106 valence electrons. The molecule has 1 aromatic carbocycles. The summed E-state index contributed by atoms with van der Waals surface area (Å²) in [7, 11) is 1.56. The second-order valence-corrected chi connectivity index (χ2v) is 5.09. The summed E-state index contributed by atoms with van der Waals surface area (Å²) in [5, 5.41) is 10.3. The molecule has 0 aliphatic heterocycles. The van der Waals surface area contributed by atoms with Crippen LogP contribution in [-0.4, -0.2) is 22.2 Å². The molecule has 2 rings (SSSR count). The first-order chi connectivity index (χ1) is 9.60. The van der Waals surface area contributed by atoms with Gasteiger partial charge in [0.05, 0.1) is 18.9 Å². The van der Waals surface area contributed by atoms with Gasteiger partial charge in [-0.05, 0) is 17.0 Å². The molecule has 0 fully saturated rings.